The zero-order chi connectivity index (χ0) is 15.1. The third-order valence-corrected chi connectivity index (χ3v) is 6.13. The second-order valence-electron chi connectivity index (χ2n) is 4.71. The van der Waals surface area contributed by atoms with E-state index in [9.17, 15) is 0 Å². The van der Waals surface area contributed by atoms with Gasteiger partial charge >= 0.3 is 130 Å². The van der Waals surface area contributed by atoms with Gasteiger partial charge in [0.1, 0.15) is 0 Å². The van der Waals surface area contributed by atoms with Crippen LogP contribution in [0.15, 0.2) is 12.7 Å². The van der Waals surface area contributed by atoms with Crippen LogP contribution >= 0.6 is 0 Å². The van der Waals surface area contributed by atoms with E-state index >= 15 is 0 Å². The molecule has 120 valence electrons. The Balaban J connectivity index is 4.51. The van der Waals surface area contributed by atoms with E-state index in [0.29, 0.717) is 26.4 Å². The van der Waals surface area contributed by atoms with Crippen LogP contribution in [-0.2, 0) is 31.4 Å². The van der Waals surface area contributed by atoms with Crippen molar-refractivity contribution >= 4 is 0 Å². The SMILES string of the molecule is C=CC[O][Ti]([O]CCCC)([O]CCCC)[O]CCCC. The summed E-state index contributed by atoms with van der Waals surface area (Å²) in [5.74, 6) is 0. The Morgan fingerprint density at radius 1 is 0.750 bits per heavy atom. The maximum absolute atomic E-state index is 5.94. The average Bonchev–Trinajstić information content (AvgIpc) is 2.46. The molecule has 20 heavy (non-hydrogen) atoms. The Kier molecular flexibility index (Phi) is 14.5. The van der Waals surface area contributed by atoms with E-state index in [-0.39, 0.29) is 0 Å². The first-order chi connectivity index (χ1) is 9.74. The quantitative estimate of drug-likeness (QED) is 0.253. The van der Waals surface area contributed by atoms with Crippen molar-refractivity contribution in [2.24, 2.45) is 0 Å². The van der Waals surface area contributed by atoms with Crippen LogP contribution in [0.1, 0.15) is 59.3 Å². The number of hydrogen-bond donors (Lipinski definition) is 0. The van der Waals surface area contributed by atoms with Crippen molar-refractivity contribution in [3.8, 4) is 0 Å². The van der Waals surface area contributed by atoms with Crippen molar-refractivity contribution in [2.75, 3.05) is 26.4 Å². The normalized spacial score (nSPS) is 11.8. The van der Waals surface area contributed by atoms with Gasteiger partial charge < -0.3 is 0 Å². The predicted molar refractivity (Wildman–Crippen MR) is 78.7 cm³/mol. The van der Waals surface area contributed by atoms with Crippen LogP contribution in [0.25, 0.3) is 0 Å². The third kappa shape index (κ3) is 10.1. The first-order valence-corrected chi connectivity index (χ1v) is 10.5. The minimum absolute atomic E-state index is 0.421. The summed E-state index contributed by atoms with van der Waals surface area (Å²) in [6, 6.07) is 0. The number of unbranched alkanes of at least 4 members (excludes halogenated alkanes) is 3. The van der Waals surface area contributed by atoms with Crippen LogP contribution in [0.5, 0.6) is 0 Å². The molecule has 0 unspecified atom stereocenters. The molecule has 0 radical (unpaired) electrons. The van der Waals surface area contributed by atoms with Gasteiger partial charge in [0.25, 0.3) is 0 Å². The average molecular weight is 324 g/mol. The van der Waals surface area contributed by atoms with Crippen molar-refractivity contribution < 1.29 is 31.4 Å². The summed E-state index contributed by atoms with van der Waals surface area (Å²) in [6.45, 7) is 12.5. The van der Waals surface area contributed by atoms with Gasteiger partial charge in [0.2, 0.25) is 0 Å². The van der Waals surface area contributed by atoms with Crippen molar-refractivity contribution in [3.05, 3.63) is 12.7 Å². The van der Waals surface area contributed by atoms with Crippen LogP contribution in [0.4, 0.5) is 0 Å². The van der Waals surface area contributed by atoms with E-state index in [4.69, 9.17) is 13.3 Å². The van der Waals surface area contributed by atoms with Gasteiger partial charge in [-0.15, -0.1) is 0 Å². The van der Waals surface area contributed by atoms with E-state index in [1.165, 1.54) is 0 Å². The summed E-state index contributed by atoms with van der Waals surface area (Å²) in [7, 11) is 0. The molecule has 0 heterocycles. The molecule has 0 aliphatic rings. The van der Waals surface area contributed by atoms with Crippen LogP contribution in [0.2, 0.25) is 0 Å². The van der Waals surface area contributed by atoms with Crippen LogP contribution < -0.4 is 0 Å². The number of rotatable bonds is 15. The molecule has 0 atom stereocenters. The fourth-order valence-corrected chi connectivity index (χ4v) is 4.57. The van der Waals surface area contributed by atoms with E-state index in [1.807, 2.05) is 0 Å². The molecule has 0 aromatic rings. The van der Waals surface area contributed by atoms with Crippen molar-refractivity contribution in [1.82, 2.24) is 0 Å². The summed E-state index contributed by atoms with van der Waals surface area (Å²) >= 11 is -3.57. The molecule has 0 spiro atoms. The van der Waals surface area contributed by atoms with Crippen LogP contribution in [0, 0.1) is 0 Å². The van der Waals surface area contributed by atoms with Gasteiger partial charge in [0.05, 0.1) is 0 Å². The molecular weight excluding hydrogens is 292 g/mol. The fraction of sp³-hybridized carbons (Fsp3) is 0.867. The van der Waals surface area contributed by atoms with Gasteiger partial charge in [0, 0.05) is 0 Å². The predicted octanol–water partition coefficient (Wildman–Crippen LogP) is 4.45. The molecule has 0 aliphatic heterocycles. The Bertz CT molecular complexity index is 197. The zero-order valence-electron chi connectivity index (χ0n) is 13.5. The fourth-order valence-electron chi connectivity index (χ4n) is 1.44. The minimum atomic E-state index is -3.57. The second kappa shape index (κ2) is 14.2. The molecule has 0 aromatic heterocycles. The summed E-state index contributed by atoms with van der Waals surface area (Å²) in [5, 5.41) is 0. The molecular formula is C15H32O4Ti. The zero-order valence-corrected chi connectivity index (χ0v) is 15.1. The Morgan fingerprint density at radius 2 is 1.15 bits per heavy atom. The molecule has 0 saturated carbocycles. The van der Waals surface area contributed by atoms with Crippen molar-refractivity contribution in [3.63, 3.8) is 0 Å². The van der Waals surface area contributed by atoms with E-state index < -0.39 is 18.1 Å². The van der Waals surface area contributed by atoms with E-state index in [0.717, 1.165) is 38.5 Å². The Labute approximate surface area is 130 Å². The molecule has 0 rings (SSSR count). The molecule has 0 N–H and O–H groups in total. The van der Waals surface area contributed by atoms with Gasteiger partial charge in [-0.2, -0.15) is 0 Å². The summed E-state index contributed by atoms with van der Waals surface area (Å²) in [5.41, 5.74) is 0. The van der Waals surface area contributed by atoms with Gasteiger partial charge in [-0.05, 0) is 0 Å². The molecule has 0 saturated heterocycles. The van der Waals surface area contributed by atoms with E-state index in [2.05, 4.69) is 27.4 Å². The van der Waals surface area contributed by atoms with Gasteiger partial charge in [-0.3, -0.25) is 0 Å². The molecule has 0 amide bonds. The first-order valence-electron chi connectivity index (χ1n) is 7.91. The molecule has 0 aromatic carbocycles. The molecule has 4 nitrogen and oxygen atoms in total. The molecule has 5 heteroatoms. The molecule has 0 fully saturated rings. The van der Waals surface area contributed by atoms with Crippen LogP contribution in [0.3, 0.4) is 0 Å². The summed E-state index contributed by atoms with van der Waals surface area (Å²) in [6.07, 6.45) is 7.98. The third-order valence-electron chi connectivity index (χ3n) is 2.71. The first kappa shape index (κ1) is 20.3. The monoisotopic (exact) mass is 324 g/mol. The molecule has 0 aliphatic carbocycles. The van der Waals surface area contributed by atoms with Crippen LogP contribution in [-0.4, -0.2) is 26.4 Å². The van der Waals surface area contributed by atoms with Gasteiger partial charge in [-0.25, -0.2) is 0 Å². The Morgan fingerprint density at radius 3 is 1.45 bits per heavy atom. The summed E-state index contributed by atoms with van der Waals surface area (Å²) < 4.78 is 23.6. The topological polar surface area (TPSA) is 36.9 Å². The van der Waals surface area contributed by atoms with Gasteiger partial charge in [-0.1, -0.05) is 0 Å². The maximum atomic E-state index is 5.94. The van der Waals surface area contributed by atoms with Crippen molar-refractivity contribution in [2.45, 2.75) is 59.3 Å². The standard InChI is InChI=1S/3C4H9O.C3H5O.Ti/c3*1-2-3-4-5;1-2-3-4;/h3*2-4H2,1H3;2H,1,3H2;/q4*-1;+4. The van der Waals surface area contributed by atoms with E-state index in [1.54, 1.807) is 6.08 Å². The van der Waals surface area contributed by atoms with Gasteiger partial charge in [0.15, 0.2) is 0 Å². The Hall–Kier alpha value is 0.294. The second-order valence-corrected chi connectivity index (χ2v) is 8.07. The summed E-state index contributed by atoms with van der Waals surface area (Å²) in [4.78, 5) is 0. The van der Waals surface area contributed by atoms with Crippen molar-refractivity contribution in [1.29, 1.82) is 0 Å². The molecule has 0 bridgehead atoms. The number of hydrogen-bond acceptors (Lipinski definition) is 4.